The molecule has 2 heterocycles. The van der Waals surface area contributed by atoms with Crippen LogP contribution in [0.1, 0.15) is 0 Å². The number of H-pyrrole nitrogens is 3. The van der Waals surface area contributed by atoms with E-state index in [9.17, 15) is 19.2 Å². The van der Waals surface area contributed by atoms with Crippen molar-refractivity contribution in [3.63, 3.8) is 0 Å². The maximum Gasteiger partial charge on any atom is 0.364 e. The van der Waals surface area contributed by atoms with Gasteiger partial charge in [-0.05, 0) is 0 Å². The largest absolute Gasteiger partial charge is 0.364 e. The Bertz CT molecular complexity index is 710. The molecule has 0 aliphatic carbocycles. The summed E-state index contributed by atoms with van der Waals surface area (Å²) in [5.74, 6) is 0. The Kier molecular flexibility index (Phi) is 1.78. The first kappa shape index (κ1) is 8.99. The van der Waals surface area contributed by atoms with E-state index in [0.717, 1.165) is 16.9 Å². The van der Waals surface area contributed by atoms with Gasteiger partial charge >= 0.3 is 17.1 Å². The molecule has 2 aromatic rings. The van der Waals surface area contributed by atoms with E-state index in [1.165, 1.54) is 0 Å². The lowest BCUT2D eigenvalue weighted by Gasteiger charge is -2.00. The van der Waals surface area contributed by atoms with Crippen LogP contribution in [0, 0.1) is 0 Å². The molecule has 0 saturated heterocycles. The van der Waals surface area contributed by atoms with Crippen LogP contribution >= 0.6 is 0 Å². The van der Waals surface area contributed by atoms with Gasteiger partial charge in [-0.3, -0.25) is 14.8 Å². The smallest absolute Gasteiger partial charge is 0.272 e. The maximum atomic E-state index is 11.2. The lowest BCUT2D eigenvalue weighted by Crippen LogP contribution is -2.38. The Labute approximate surface area is 79.6 Å². The van der Waals surface area contributed by atoms with Crippen molar-refractivity contribution < 1.29 is 0 Å². The van der Waals surface area contributed by atoms with Gasteiger partial charge in [-0.1, -0.05) is 0 Å². The molecule has 9 heteroatoms. The molecule has 0 bridgehead atoms. The molecule has 0 fully saturated rings. The highest BCUT2D eigenvalue weighted by Gasteiger charge is 2.03. The van der Waals surface area contributed by atoms with Gasteiger partial charge in [0.05, 0.1) is 0 Å². The molecule has 2 rings (SSSR count). The summed E-state index contributed by atoms with van der Waals surface area (Å²) in [5.41, 5.74) is -2.99. The molecule has 0 atom stereocenters. The third-order valence-electron chi connectivity index (χ3n) is 1.64. The molecule has 0 aromatic carbocycles. The number of aromatic amines is 3. The minimum absolute atomic E-state index is 0.595. The zero-order chi connectivity index (χ0) is 11.0. The predicted octanol–water partition coefficient (Wildman–Crippen LogP) is -2.97. The van der Waals surface area contributed by atoms with Gasteiger partial charge in [0.25, 0.3) is 5.56 Å². The number of hydrogen-bond acceptors (Lipinski definition) is 4. The minimum atomic E-state index is -0.833. The standard InChI is InChI=1S/C6H5N5O4/c12-3-1-2-10(5(14)7-3)11-6(15)8-4(13)9-11/h1-2H,(H,7,12,14)(H2,8,9,13,15). The molecule has 9 nitrogen and oxygen atoms in total. The molecule has 15 heavy (non-hydrogen) atoms. The van der Waals surface area contributed by atoms with E-state index in [0.29, 0.717) is 4.79 Å². The average Bonchev–Trinajstić information content (AvgIpc) is 2.45. The van der Waals surface area contributed by atoms with E-state index in [1.54, 1.807) is 0 Å². The zero-order valence-corrected chi connectivity index (χ0v) is 7.18. The van der Waals surface area contributed by atoms with Gasteiger partial charge < -0.3 is 0 Å². The minimum Gasteiger partial charge on any atom is -0.272 e. The predicted molar refractivity (Wildman–Crippen MR) is 47.8 cm³/mol. The number of aromatic nitrogens is 5. The Morgan fingerprint density at radius 2 is 1.73 bits per heavy atom. The molecular weight excluding hydrogens is 206 g/mol. The molecule has 2 aromatic heterocycles. The van der Waals surface area contributed by atoms with Crippen molar-refractivity contribution in [2.75, 3.05) is 0 Å². The van der Waals surface area contributed by atoms with Gasteiger partial charge in [0.1, 0.15) is 0 Å². The highest BCUT2D eigenvalue weighted by molar-refractivity contribution is 4.83. The lowest BCUT2D eigenvalue weighted by atomic mass is 10.7. The third kappa shape index (κ3) is 1.45. The summed E-state index contributed by atoms with van der Waals surface area (Å²) in [7, 11) is 0. The summed E-state index contributed by atoms with van der Waals surface area (Å²) in [5, 5.41) is 2.05. The first-order valence-corrected chi connectivity index (χ1v) is 3.82. The Morgan fingerprint density at radius 1 is 1.00 bits per heavy atom. The van der Waals surface area contributed by atoms with E-state index in [-0.39, 0.29) is 0 Å². The van der Waals surface area contributed by atoms with E-state index in [4.69, 9.17) is 0 Å². The van der Waals surface area contributed by atoms with Crippen molar-refractivity contribution >= 4 is 0 Å². The summed E-state index contributed by atoms with van der Waals surface area (Å²) in [6.45, 7) is 0. The average molecular weight is 211 g/mol. The van der Waals surface area contributed by atoms with Crippen molar-refractivity contribution in [1.82, 2.24) is 24.5 Å². The molecule has 0 saturated carbocycles. The van der Waals surface area contributed by atoms with Gasteiger partial charge in [0, 0.05) is 12.3 Å². The highest BCUT2D eigenvalue weighted by atomic mass is 16.2. The van der Waals surface area contributed by atoms with Crippen LogP contribution in [-0.4, -0.2) is 24.5 Å². The summed E-state index contributed by atoms with van der Waals surface area (Å²) in [4.78, 5) is 48.2. The van der Waals surface area contributed by atoms with Crippen molar-refractivity contribution in [1.29, 1.82) is 0 Å². The van der Waals surface area contributed by atoms with Crippen molar-refractivity contribution in [3.8, 4) is 0 Å². The van der Waals surface area contributed by atoms with Gasteiger partial charge in [-0.2, -0.15) is 4.68 Å². The van der Waals surface area contributed by atoms with E-state index in [2.05, 4.69) is 5.10 Å². The quantitative estimate of drug-likeness (QED) is 0.465. The second-order valence-corrected chi connectivity index (χ2v) is 2.64. The number of rotatable bonds is 1. The first-order valence-electron chi connectivity index (χ1n) is 3.82. The van der Waals surface area contributed by atoms with Crippen LogP contribution in [0.3, 0.4) is 0 Å². The van der Waals surface area contributed by atoms with E-state index < -0.39 is 22.6 Å². The Hall–Kier alpha value is -2.58. The van der Waals surface area contributed by atoms with Crippen molar-refractivity contribution in [2.45, 2.75) is 0 Å². The van der Waals surface area contributed by atoms with Crippen LogP contribution in [0.25, 0.3) is 0 Å². The van der Waals surface area contributed by atoms with E-state index >= 15 is 0 Å². The first-order chi connectivity index (χ1) is 7.08. The van der Waals surface area contributed by atoms with Crippen molar-refractivity contribution in [2.24, 2.45) is 0 Å². The van der Waals surface area contributed by atoms with Crippen LogP contribution in [0.4, 0.5) is 0 Å². The van der Waals surface area contributed by atoms with Crippen LogP contribution < -0.4 is 22.6 Å². The molecular formula is C6H5N5O4. The van der Waals surface area contributed by atoms with Gasteiger partial charge in [-0.15, -0.1) is 4.79 Å². The second-order valence-electron chi connectivity index (χ2n) is 2.64. The molecule has 78 valence electrons. The molecule has 0 aliphatic heterocycles. The number of hydrogen-bond donors (Lipinski definition) is 3. The van der Waals surface area contributed by atoms with Gasteiger partial charge in [0.15, 0.2) is 0 Å². The van der Waals surface area contributed by atoms with Gasteiger partial charge in [0.2, 0.25) is 0 Å². The van der Waals surface area contributed by atoms with Crippen LogP contribution in [0.5, 0.6) is 0 Å². The lowest BCUT2D eigenvalue weighted by molar-refractivity contribution is 0.514. The van der Waals surface area contributed by atoms with Crippen LogP contribution in [0.2, 0.25) is 0 Å². The summed E-state index contributed by atoms with van der Waals surface area (Å²) >= 11 is 0. The summed E-state index contributed by atoms with van der Waals surface area (Å²) in [6.07, 6.45) is 1.06. The molecule has 0 spiro atoms. The Balaban J connectivity index is 2.80. The number of nitrogens with zero attached hydrogens (tertiary/aromatic N) is 2. The fourth-order valence-electron chi connectivity index (χ4n) is 1.04. The van der Waals surface area contributed by atoms with Crippen molar-refractivity contribution in [3.05, 3.63) is 54.1 Å². The third-order valence-corrected chi connectivity index (χ3v) is 1.64. The zero-order valence-electron chi connectivity index (χ0n) is 7.18. The van der Waals surface area contributed by atoms with E-state index in [1.807, 2.05) is 9.97 Å². The topological polar surface area (TPSA) is 126 Å². The number of nitrogens with one attached hydrogen (secondary N) is 3. The SMILES string of the molecule is O=c1ccn(-n2[nH]c(=O)[nH]c2=O)c(=O)[nH]1. The molecule has 3 N–H and O–H groups in total. The molecule has 0 aliphatic rings. The summed E-state index contributed by atoms with van der Waals surface area (Å²) in [6, 6.07) is 1.04. The fourth-order valence-corrected chi connectivity index (χ4v) is 1.04. The van der Waals surface area contributed by atoms with Crippen LogP contribution in [0.15, 0.2) is 31.4 Å². The molecule has 0 amide bonds. The summed E-state index contributed by atoms with van der Waals surface area (Å²) < 4.78 is 0.752. The van der Waals surface area contributed by atoms with Gasteiger partial charge in [-0.25, -0.2) is 19.5 Å². The molecule has 0 radical (unpaired) electrons. The Morgan fingerprint density at radius 3 is 2.27 bits per heavy atom. The molecule has 0 unspecified atom stereocenters. The highest BCUT2D eigenvalue weighted by Crippen LogP contribution is 1.70. The fraction of sp³-hybridized carbons (Fsp3) is 0. The normalized spacial score (nSPS) is 10.4. The maximum absolute atomic E-state index is 11.2. The second kappa shape index (κ2) is 2.97. The van der Waals surface area contributed by atoms with Crippen LogP contribution in [-0.2, 0) is 0 Å². The monoisotopic (exact) mass is 211 g/mol.